The number of hydrazine groups is 1. The molecule has 1 heterocycles. The predicted molar refractivity (Wildman–Crippen MR) is 98.2 cm³/mol. The molecule has 1 amide bonds. The summed E-state index contributed by atoms with van der Waals surface area (Å²) in [5.41, 5.74) is 8.83. The third-order valence-electron chi connectivity index (χ3n) is 3.59. The SMILES string of the molecule is COc1ccc(Cl)c2sc(NNC(=O)c3ccc(C)cc3C)nc12. The first-order valence-electron chi connectivity index (χ1n) is 7.26. The Bertz CT molecular complexity index is 924. The van der Waals surface area contributed by atoms with E-state index in [1.54, 1.807) is 25.3 Å². The number of methoxy groups -OCH3 is 1. The Kier molecular flexibility index (Phi) is 4.59. The van der Waals surface area contributed by atoms with Gasteiger partial charge in [-0.2, -0.15) is 0 Å². The number of anilines is 1. The number of fused-ring (bicyclic) bond motifs is 1. The third kappa shape index (κ3) is 3.16. The maximum atomic E-state index is 12.3. The van der Waals surface area contributed by atoms with Crippen LogP contribution in [0.5, 0.6) is 5.75 Å². The smallest absolute Gasteiger partial charge is 0.269 e. The second-order valence-corrected chi connectivity index (χ2v) is 6.75. The van der Waals surface area contributed by atoms with E-state index >= 15 is 0 Å². The van der Waals surface area contributed by atoms with E-state index in [9.17, 15) is 4.79 Å². The molecule has 0 bridgehead atoms. The average Bonchev–Trinajstić information content (AvgIpc) is 2.98. The van der Waals surface area contributed by atoms with Gasteiger partial charge < -0.3 is 4.74 Å². The standard InChI is InChI=1S/C17H16ClN3O2S/c1-9-4-5-11(10(2)8-9)16(22)20-21-17-19-14-13(23-3)7-6-12(18)15(14)24-17/h4-8H,1-3H3,(H,19,21)(H,20,22). The predicted octanol–water partition coefficient (Wildman–Crippen LogP) is 4.33. The summed E-state index contributed by atoms with van der Waals surface area (Å²) in [7, 11) is 1.58. The van der Waals surface area contributed by atoms with Crippen molar-refractivity contribution in [1.82, 2.24) is 10.4 Å². The molecule has 0 atom stereocenters. The molecule has 0 aliphatic heterocycles. The highest BCUT2D eigenvalue weighted by Crippen LogP contribution is 2.37. The Morgan fingerprint density at radius 3 is 2.75 bits per heavy atom. The number of carbonyl (C=O) groups is 1. The number of carbonyl (C=O) groups excluding carboxylic acids is 1. The van der Waals surface area contributed by atoms with Crippen LogP contribution < -0.4 is 15.6 Å². The van der Waals surface area contributed by atoms with Crippen molar-refractivity contribution in [3.63, 3.8) is 0 Å². The van der Waals surface area contributed by atoms with E-state index in [1.807, 2.05) is 26.0 Å². The van der Waals surface area contributed by atoms with E-state index in [-0.39, 0.29) is 5.91 Å². The molecule has 3 aromatic rings. The Balaban J connectivity index is 1.80. The van der Waals surface area contributed by atoms with Crippen molar-refractivity contribution in [3.8, 4) is 5.75 Å². The van der Waals surface area contributed by atoms with Crippen LogP contribution in [0, 0.1) is 13.8 Å². The number of halogens is 1. The van der Waals surface area contributed by atoms with Gasteiger partial charge in [0.25, 0.3) is 5.91 Å². The summed E-state index contributed by atoms with van der Waals surface area (Å²) in [6, 6.07) is 9.21. The molecule has 0 unspecified atom stereocenters. The summed E-state index contributed by atoms with van der Waals surface area (Å²) in [5.74, 6) is 0.421. The molecule has 3 rings (SSSR count). The van der Waals surface area contributed by atoms with Gasteiger partial charge in [0.05, 0.1) is 16.8 Å². The molecular formula is C17H16ClN3O2S. The number of benzene rings is 2. The molecule has 7 heteroatoms. The lowest BCUT2D eigenvalue weighted by Gasteiger charge is -2.08. The van der Waals surface area contributed by atoms with Crippen LogP contribution in [0.2, 0.25) is 5.02 Å². The summed E-state index contributed by atoms with van der Waals surface area (Å²) >= 11 is 7.54. The normalized spacial score (nSPS) is 10.7. The molecule has 1 aromatic heterocycles. The van der Waals surface area contributed by atoms with Crippen LogP contribution in [0.3, 0.4) is 0 Å². The number of aromatic nitrogens is 1. The van der Waals surface area contributed by atoms with Gasteiger partial charge in [-0.1, -0.05) is 40.6 Å². The van der Waals surface area contributed by atoms with Crippen molar-refractivity contribution in [1.29, 1.82) is 0 Å². The van der Waals surface area contributed by atoms with Gasteiger partial charge in [0.1, 0.15) is 11.3 Å². The molecule has 2 N–H and O–H groups in total. The number of nitrogens with zero attached hydrogens (tertiary/aromatic N) is 1. The van der Waals surface area contributed by atoms with Crippen LogP contribution in [0.25, 0.3) is 10.2 Å². The van der Waals surface area contributed by atoms with Crippen molar-refractivity contribution < 1.29 is 9.53 Å². The molecule has 0 saturated heterocycles. The topological polar surface area (TPSA) is 63.2 Å². The average molecular weight is 362 g/mol. The first kappa shape index (κ1) is 16.5. The first-order valence-corrected chi connectivity index (χ1v) is 8.45. The number of ether oxygens (including phenoxy) is 1. The maximum Gasteiger partial charge on any atom is 0.269 e. The fourth-order valence-electron chi connectivity index (χ4n) is 2.42. The second kappa shape index (κ2) is 6.67. The van der Waals surface area contributed by atoms with E-state index in [0.29, 0.717) is 27.0 Å². The van der Waals surface area contributed by atoms with Gasteiger partial charge >= 0.3 is 0 Å². The van der Waals surface area contributed by atoms with Crippen molar-refractivity contribution in [3.05, 3.63) is 52.0 Å². The van der Waals surface area contributed by atoms with Crippen molar-refractivity contribution in [2.75, 3.05) is 12.5 Å². The monoisotopic (exact) mass is 361 g/mol. The van der Waals surface area contributed by atoms with Gasteiger partial charge in [0.2, 0.25) is 5.13 Å². The highest BCUT2D eigenvalue weighted by molar-refractivity contribution is 7.22. The lowest BCUT2D eigenvalue weighted by atomic mass is 10.1. The summed E-state index contributed by atoms with van der Waals surface area (Å²) in [5, 5.41) is 1.13. The molecule has 2 aromatic carbocycles. The molecule has 0 fully saturated rings. The minimum Gasteiger partial charge on any atom is -0.494 e. The maximum absolute atomic E-state index is 12.3. The van der Waals surface area contributed by atoms with E-state index in [1.165, 1.54) is 11.3 Å². The number of aryl methyl sites for hydroxylation is 2. The summed E-state index contributed by atoms with van der Waals surface area (Å²) in [6.07, 6.45) is 0. The number of rotatable bonds is 4. The van der Waals surface area contributed by atoms with Crippen LogP contribution in [0.4, 0.5) is 5.13 Å². The van der Waals surface area contributed by atoms with Crippen LogP contribution in [-0.4, -0.2) is 18.0 Å². The Morgan fingerprint density at radius 1 is 1.25 bits per heavy atom. The van der Waals surface area contributed by atoms with Crippen LogP contribution >= 0.6 is 22.9 Å². The Labute approximate surface area is 148 Å². The highest BCUT2D eigenvalue weighted by Gasteiger charge is 2.13. The van der Waals surface area contributed by atoms with Gasteiger partial charge in [0, 0.05) is 5.56 Å². The van der Waals surface area contributed by atoms with Crippen molar-refractivity contribution in [2.24, 2.45) is 0 Å². The number of thiazole rings is 1. The fourth-order valence-corrected chi connectivity index (χ4v) is 3.53. The van der Waals surface area contributed by atoms with Crippen LogP contribution in [0.15, 0.2) is 30.3 Å². The minimum absolute atomic E-state index is 0.218. The number of nitrogens with one attached hydrogen (secondary N) is 2. The molecule has 0 radical (unpaired) electrons. The van der Waals surface area contributed by atoms with Crippen LogP contribution in [0.1, 0.15) is 21.5 Å². The summed E-state index contributed by atoms with van der Waals surface area (Å²) in [6.45, 7) is 3.90. The zero-order chi connectivity index (χ0) is 17.3. The highest BCUT2D eigenvalue weighted by atomic mass is 35.5. The van der Waals surface area contributed by atoms with Gasteiger partial charge in [0.15, 0.2) is 0 Å². The molecule has 5 nitrogen and oxygen atoms in total. The molecule has 0 saturated carbocycles. The Hall–Kier alpha value is -2.31. The van der Waals surface area contributed by atoms with Gasteiger partial charge in [-0.15, -0.1) is 0 Å². The summed E-state index contributed by atoms with van der Waals surface area (Å²) in [4.78, 5) is 16.7. The first-order chi connectivity index (χ1) is 11.5. The Morgan fingerprint density at radius 2 is 2.04 bits per heavy atom. The van der Waals surface area contributed by atoms with Crippen molar-refractivity contribution >= 4 is 44.2 Å². The number of hydrogen-bond acceptors (Lipinski definition) is 5. The minimum atomic E-state index is -0.218. The zero-order valence-electron chi connectivity index (χ0n) is 13.4. The lowest BCUT2D eigenvalue weighted by molar-refractivity contribution is 0.0962. The quantitative estimate of drug-likeness (QED) is 0.679. The van der Waals surface area contributed by atoms with Crippen molar-refractivity contribution in [2.45, 2.75) is 13.8 Å². The molecular weight excluding hydrogens is 346 g/mol. The molecule has 0 spiro atoms. The molecule has 0 aliphatic rings. The van der Waals surface area contributed by atoms with E-state index in [0.717, 1.165) is 15.8 Å². The molecule has 24 heavy (non-hydrogen) atoms. The third-order valence-corrected chi connectivity index (χ3v) is 5.02. The summed E-state index contributed by atoms with van der Waals surface area (Å²) < 4.78 is 6.09. The largest absolute Gasteiger partial charge is 0.494 e. The molecule has 124 valence electrons. The zero-order valence-corrected chi connectivity index (χ0v) is 15.0. The lowest BCUT2D eigenvalue weighted by Crippen LogP contribution is -2.29. The molecule has 0 aliphatic carbocycles. The number of hydrogen-bond donors (Lipinski definition) is 2. The van der Waals surface area contributed by atoms with Gasteiger partial charge in [-0.25, -0.2) is 4.98 Å². The van der Waals surface area contributed by atoms with Gasteiger partial charge in [-0.3, -0.25) is 15.6 Å². The van der Waals surface area contributed by atoms with E-state index in [2.05, 4.69) is 15.8 Å². The van der Waals surface area contributed by atoms with E-state index in [4.69, 9.17) is 16.3 Å². The second-order valence-electron chi connectivity index (χ2n) is 5.34. The fraction of sp³-hybridized carbons (Fsp3) is 0.176. The van der Waals surface area contributed by atoms with Gasteiger partial charge in [-0.05, 0) is 37.6 Å². The number of amides is 1. The van der Waals surface area contributed by atoms with Crippen LogP contribution in [-0.2, 0) is 0 Å². The van der Waals surface area contributed by atoms with E-state index < -0.39 is 0 Å².